The van der Waals surface area contributed by atoms with Crippen molar-refractivity contribution in [2.45, 2.75) is 6.42 Å². The number of nitrogens with zero attached hydrogens (tertiary/aromatic N) is 1. The van der Waals surface area contributed by atoms with E-state index in [0.717, 1.165) is 4.88 Å². The Kier molecular flexibility index (Phi) is 4.89. The highest BCUT2D eigenvalue weighted by Crippen LogP contribution is 2.36. The number of rotatable bonds is 6. The van der Waals surface area contributed by atoms with Gasteiger partial charge in [0.05, 0.1) is 25.1 Å². The second-order valence-electron chi connectivity index (χ2n) is 4.09. The summed E-state index contributed by atoms with van der Waals surface area (Å²) in [5, 5.41) is 12.8. The van der Waals surface area contributed by atoms with Gasteiger partial charge >= 0.3 is 5.97 Å². The Morgan fingerprint density at radius 1 is 1.38 bits per heavy atom. The Labute approximate surface area is 125 Å². The zero-order valence-electron chi connectivity index (χ0n) is 11.3. The van der Waals surface area contributed by atoms with Crippen molar-refractivity contribution in [2.24, 2.45) is 0 Å². The molecule has 0 N–H and O–H groups in total. The quantitative estimate of drug-likeness (QED) is 0.465. The van der Waals surface area contributed by atoms with Gasteiger partial charge in [0.2, 0.25) is 0 Å². The number of hydrogen-bond donors (Lipinski definition) is 0. The van der Waals surface area contributed by atoms with E-state index in [2.05, 4.69) is 4.74 Å². The van der Waals surface area contributed by atoms with Crippen molar-refractivity contribution in [1.82, 2.24) is 0 Å². The highest BCUT2D eigenvalue weighted by Gasteiger charge is 2.14. The summed E-state index contributed by atoms with van der Waals surface area (Å²) in [7, 11) is 1.31. The molecule has 0 spiro atoms. The van der Waals surface area contributed by atoms with Gasteiger partial charge in [-0.25, -0.2) is 0 Å². The van der Waals surface area contributed by atoms with E-state index in [9.17, 15) is 14.9 Å². The second-order valence-corrected chi connectivity index (χ2v) is 5.04. The predicted octanol–water partition coefficient (Wildman–Crippen LogP) is 3.27. The normalized spacial score (nSPS) is 10.1. The minimum atomic E-state index is -0.449. The molecule has 0 saturated carbocycles. The third-order valence-corrected chi connectivity index (χ3v) is 3.66. The fourth-order valence-corrected chi connectivity index (χ4v) is 2.48. The molecular weight excluding hydrogens is 294 g/mol. The van der Waals surface area contributed by atoms with Gasteiger partial charge in [0.15, 0.2) is 0 Å². The van der Waals surface area contributed by atoms with E-state index in [4.69, 9.17) is 4.74 Å². The summed E-state index contributed by atoms with van der Waals surface area (Å²) in [5.41, 5.74) is 0.641. The summed E-state index contributed by atoms with van der Waals surface area (Å²) in [4.78, 5) is 22.4. The van der Waals surface area contributed by atoms with Crippen LogP contribution in [-0.4, -0.2) is 24.6 Å². The number of esters is 1. The van der Waals surface area contributed by atoms with Crippen LogP contribution in [0.2, 0.25) is 0 Å². The average molecular weight is 307 g/mol. The summed E-state index contributed by atoms with van der Waals surface area (Å²) in [6.07, 6.45) is 0.122. The smallest absolute Gasteiger partial charge is 0.308 e. The molecule has 0 radical (unpaired) electrons. The molecule has 2 aromatic rings. The molecule has 0 aliphatic carbocycles. The van der Waals surface area contributed by atoms with Gasteiger partial charge in [0.25, 0.3) is 5.69 Å². The first kappa shape index (κ1) is 15.0. The number of carbonyl (C=O) groups is 1. The van der Waals surface area contributed by atoms with Crippen LogP contribution in [0.4, 0.5) is 5.69 Å². The van der Waals surface area contributed by atoms with Gasteiger partial charge in [-0.15, -0.1) is 11.3 Å². The lowest BCUT2D eigenvalue weighted by Crippen LogP contribution is -2.08. The minimum absolute atomic E-state index is 0.00119. The van der Waals surface area contributed by atoms with Crippen molar-refractivity contribution < 1.29 is 19.2 Å². The van der Waals surface area contributed by atoms with E-state index in [1.54, 1.807) is 6.07 Å². The van der Waals surface area contributed by atoms with Gasteiger partial charge in [-0.3, -0.25) is 14.9 Å². The van der Waals surface area contributed by atoms with Crippen molar-refractivity contribution in [3.8, 4) is 16.2 Å². The summed E-state index contributed by atoms with van der Waals surface area (Å²) in [6, 6.07) is 8.11. The fraction of sp³-hybridized carbons (Fsp3) is 0.214. The van der Waals surface area contributed by atoms with Crippen LogP contribution in [0.5, 0.6) is 5.75 Å². The molecular formula is C14H13NO5S. The third-order valence-electron chi connectivity index (χ3n) is 2.75. The van der Waals surface area contributed by atoms with Crippen LogP contribution in [0.1, 0.15) is 6.42 Å². The number of thiophene rings is 1. The highest BCUT2D eigenvalue weighted by atomic mass is 32.1. The molecule has 0 amide bonds. The van der Waals surface area contributed by atoms with Gasteiger partial charge < -0.3 is 9.47 Å². The van der Waals surface area contributed by atoms with Gasteiger partial charge in [-0.05, 0) is 17.5 Å². The summed E-state index contributed by atoms with van der Waals surface area (Å²) in [6.45, 7) is 0.156. The monoisotopic (exact) mass is 307 g/mol. The lowest BCUT2D eigenvalue weighted by Gasteiger charge is -2.10. The van der Waals surface area contributed by atoms with Crippen molar-refractivity contribution in [3.05, 3.63) is 45.8 Å². The van der Waals surface area contributed by atoms with E-state index in [1.807, 2.05) is 17.5 Å². The Hall–Kier alpha value is -2.41. The van der Waals surface area contributed by atoms with Crippen molar-refractivity contribution in [1.29, 1.82) is 0 Å². The minimum Gasteiger partial charge on any atom is -0.492 e. The molecule has 6 nitrogen and oxygen atoms in total. The molecule has 1 heterocycles. The number of carbonyl (C=O) groups excluding carboxylic acids is 1. The molecule has 0 aliphatic rings. The van der Waals surface area contributed by atoms with Gasteiger partial charge in [-0.1, -0.05) is 6.07 Å². The maximum absolute atomic E-state index is 11.1. The van der Waals surface area contributed by atoms with Crippen molar-refractivity contribution >= 4 is 23.0 Å². The standard InChI is InChI=1S/C14H13NO5S/c1-19-14(16)6-7-20-12-5-4-10(15(17)18)9-11(12)13-3-2-8-21-13/h2-5,8-9H,6-7H2,1H3. The van der Waals surface area contributed by atoms with Crippen LogP contribution >= 0.6 is 11.3 Å². The molecule has 0 unspecified atom stereocenters. The first-order valence-corrected chi connectivity index (χ1v) is 7.01. The van der Waals surface area contributed by atoms with Crippen LogP contribution in [-0.2, 0) is 9.53 Å². The number of ether oxygens (including phenoxy) is 2. The Morgan fingerprint density at radius 2 is 2.19 bits per heavy atom. The molecule has 0 saturated heterocycles. The Balaban J connectivity index is 2.23. The number of hydrogen-bond acceptors (Lipinski definition) is 6. The van der Waals surface area contributed by atoms with Crippen molar-refractivity contribution in [2.75, 3.05) is 13.7 Å². The summed E-state index contributed by atoms with van der Waals surface area (Å²) in [5.74, 6) is 0.140. The molecule has 0 bridgehead atoms. The molecule has 0 atom stereocenters. The van der Waals surface area contributed by atoms with Gasteiger partial charge in [-0.2, -0.15) is 0 Å². The molecule has 1 aromatic heterocycles. The molecule has 110 valence electrons. The van der Waals surface area contributed by atoms with E-state index in [0.29, 0.717) is 11.3 Å². The van der Waals surface area contributed by atoms with E-state index in [-0.39, 0.29) is 24.7 Å². The third kappa shape index (κ3) is 3.79. The average Bonchev–Trinajstić information content (AvgIpc) is 3.01. The van der Waals surface area contributed by atoms with Crippen molar-refractivity contribution in [3.63, 3.8) is 0 Å². The highest BCUT2D eigenvalue weighted by molar-refractivity contribution is 7.13. The van der Waals surface area contributed by atoms with Crippen LogP contribution in [0.3, 0.4) is 0 Å². The number of nitro groups is 1. The Morgan fingerprint density at radius 3 is 2.81 bits per heavy atom. The Bertz CT molecular complexity index is 639. The molecule has 0 fully saturated rings. The molecule has 21 heavy (non-hydrogen) atoms. The van der Waals surface area contributed by atoms with Gasteiger partial charge in [0, 0.05) is 22.6 Å². The molecule has 0 aliphatic heterocycles. The summed E-state index contributed by atoms with van der Waals surface area (Å²) >= 11 is 1.46. The maximum atomic E-state index is 11.1. The number of benzene rings is 1. The summed E-state index contributed by atoms with van der Waals surface area (Å²) < 4.78 is 10.1. The number of nitro benzene ring substituents is 1. The largest absolute Gasteiger partial charge is 0.492 e. The topological polar surface area (TPSA) is 78.7 Å². The van der Waals surface area contributed by atoms with Crippen LogP contribution in [0.25, 0.3) is 10.4 Å². The number of non-ortho nitro benzene ring substituents is 1. The van der Waals surface area contributed by atoms with Crippen LogP contribution in [0, 0.1) is 10.1 Å². The fourth-order valence-electron chi connectivity index (χ4n) is 1.73. The molecule has 1 aromatic carbocycles. The van der Waals surface area contributed by atoms with E-state index in [1.165, 1.54) is 30.6 Å². The molecule has 7 heteroatoms. The van der Waals surface area contributed by atoms with E-state index >= 15 is 0 Å². The maximum Gasteiger partial charge on any atom is 0.308 e. The molecule has 2 rings (SSSR count). The SMILES string of the molecule is COC(=O)CCOc1ccc([N+](=O)[O-])cc1-c1cccs1. The number of methoxy groups -OCH3 is 1. The van der Waals surface area contributed by atoms with Crippen LogP contribution < -0.4 is 4.74 Å². The lowest BCUT2D eigenvalue weighted by atomic mass is 10.1. The first-order chi connectivity index (χ1) is 10.1. The van der Waals surface area contributed by atoms with Gasteiger partial charge in [0.1, 0.15) is 5.75 Å². The lowest BCUT2D eigenvalue weighted by molar-refractivity contribution is -0.384. The zero-order valence-corrected chi connectivity index (χ0v) is 12.1. The first-order valence-electron chi connectivity index (χ1n) is 6.13. The van der Waals surface area contributed by atoms with E-state index < -0.39 is 4.92 Å². The zero-order chi connectivity index (χ0) is 15.2. The predicted molar refractivity (Wildman–Crippen MR) is 78.5 cm³/mol. The second kappa shape index (κ2) is 6.85. The van der Waals surface area contributed by atoms with Crippen LogP contribution in [0.15, 0.2) is 35.7 Å².